The number of rotatable bonds is 6. The summed E-state index contributed by atoms with van der Waals surface area (Å²) in [5.74, 6) is -2.02. The highest BCUT2D eigenvalue weighted by Crippen LogP contribution is 2.26. The molecule has 0 aliphatic carbocycles. The molecule has 8 nitrogen and oxygen atoms in total. The number of sulfonamides is 1. The van der Waals surface area contributed by atoms with Gasteiger partial charge < -0.3 is 14.7 Å². The number of nitrogens with one attached hydrogen (secondary N) is 1. The van der Waals surface area contributed by atoms with Gasteiger partial charge in [-0.15, -0.1) is 0 Å². The standard InChI is InChI=1S/C16H20N2O6S/c19-15-8-11(16(20)21)10-18(15)12-3-5-14(6-4-12)25(22,23)17-9-13-2-1-7-24-13/h3-6,11,13,17H,1-2,7-10H2,(H,20,21)/t11?,13-/m1/s1. The van der Waals surface area contributed by atoms with Gasteiger partial charge in [-0.1, -0.05) is 0 Å². The van der Waals surface area contributed by atoms with Gasteiger partial charge in [-0.3, -0.25) is 9.59 Å². The number of benzene rings is 1. The number of hydrogen-bond acceptors (Lipinski definition) is 5. The largest absolute Gasteiger partial charge is 0.481 e. The van der Waals surface area contributed by atoms with Crippen LogP contribution in [-0.4, -0.2) is 51.2 Å². The molecule has 2 saturated heterocycles. The van der Waals surface area contributed by atoms with Crippen LogP contribution in [0.5, 0.6) is 0 Å². The molecule has 2 fully saturated rings. The first kappa shape index (κ1) is 17.8. The van der Waals surface area contributed by atoms with Crippen molar-refractivity contribution in [3.05, 3.63) is 24.3 Å². The Balaban J connectivity index is 1.67. The first-order valence-electron chi connectivity index (χ1n) is 8.11. The molecule has 0 aromatic heterocycles. The van der Waals surface area contributed by atoms with Crippen molar-refractivity contribution in [2.75, 3.05) is 24.6 Å². The first-order valence-corrected chi connectivity index (χ1v) is 9.59. The minimum absolute atomic E-state index is 0.0433. The van der Waals surface area contributed by atoms with Crippen molar-refractivity contribution in [1.82, 2.24) is 4.72 Å². The molecular formula is C16H20N2O6S. The third kappa shape index (κ3) is 4.00. The molecule has 0 spiro atoms. The molecular weight excluding hydrogens is 348 g/mol. The van der Waals surface area contributed by atoms with E-state index < -0.39 is 21.9 Å². The number of carboxylic acids is 1. The summed E-state index contributed by atoms with van der Waals surface area (Å²) in [6.07, 6.45) is 1.63. The Hall–Kier alpha value is -1.97. The lowest BCUT2D eigenvalue weighted by Crippen LogP contribution is -2.32. The predicted octanol–water partition coefficient (Wildman–Crippen LogP) is 0.581. The maximum atomic E-state index is 12.3. The highest BCUT2D eigenvalue weighted by atomic mass is 32.2. The van der Waals surface area contributed by atoms with E-state index in [-0.39, 0.29) is 36.4 Å². The molecule has 136 valence electrons. The average molecular weight is 368 g/mol. The lowest BCUT2D eigenvalue weighted by molar-refractivity contribution is -0.141. The van der Waals surface area contributed by atoms with E-state index in [0.717, 1.165) is 12.8 Å². The van der Waals surface area contributed by atoms with Crippen LogP contribution in [0.25, 0.3) is 0 Å². The SMILES string of the molecule is O=C(O)C1CC(=O)N(c2ccc(S(=O)(=O)NC[C@H]3CCCO3)cc2)C1. The van der Waals surface area contributed by atoms with Crippen molar-refractivity contribution < 1.29 is 27.9 Å². The molecule has 1 aromatic rings. The van der Waals surface area contributed by atoms with Crippen LogP contribution >= 0.6 is 0 Å². The zero-order valence-corrected chi connectivity index (χ0v) is 14.4. The van der Waals surface area contributed by atoms with Crippen LogP contribution in [0.15, 0.2) is 29.2 Å². The van der Waals surface area contributed by atoms with Gasteiger partial charge in [0.15, 0.2) is 0 Å². The topological polar surface area (TPSA) is 113 Å². The van der Waals surface area contributed by atoms with Crippen LogP contribution < -0.4 is 9.62 Å². The summed E-state index contributed by atoms with van der Waals surface area (Å²) in [4.78, 5) is 24.4. The third-order valence-electron chi connectivity index (χ3n) is 4.46. The summed E-state index contributed by atoms with van der Waals surface area (Å²) >= 11 is 0. The molecule has 1 unspecified atom stereocenters. The number of hydrogen-bond donors (Lipinski definition) is 2. The Bertz CT molecular complexity index is 755. The number of carbonyl (C=O) groups is 2. The molecule has 0 bridgehead atoms. The summed E-state index contributed by atoms with van der Waals surface area (Å²) in [6, 6.07) is 5.86. The van der Waals surface area contributed by atoms with E-state index in [4.69, 9.17) is 9.84 Å². The summed E-state index contributed by atoms with van der Waals surface area (Å²) in [7, 11) is -3.65. The summed E-state index contributed by atoms with van der Waals surface area (Å²) in [5.41, 5.74) is 0.492. The van der Waals surface area contributed by atoms with Crippen molar-refractivity contribution >= 4 is 27.6 Å². The minimum atomic E-state index is -3.65. The van der Waals surface area contributed by atoms with Crippen LogP contribution in [0.1, 0.15) is 19.3 Å². The van der Waals surface area contributed by atoms with Gasteiger partial charge in [-0.05, 0) is 37.1 Å². The maximum Gasteiger partial charge on any atom is 0.308 e. The van der Waals surface area contributed by atoms with Gasteiger partial charge >= 0.3 is 5.97 Å². The monoisotopic (exact) mass is 368 g/mol. The van der Waals surface area contributed by atoms with Gasteiger partial charge in [0.25, 0.3) is 0 Å². The molecule has 2 aliphatic heterocycles. The fourth-order valence-corrected chi connectivity index (χ4v) is 4.09. The molecule has 2 N–H and O–H groups in total. The number of carboxylic acid groups (broad SMARTS) is 1. The second-order valence-corrected chi connectivity index (χ2v) is 7.99. The van der Waals surface area contributed by atoms with Crippen molar-refractivity contribution in [2.24, 2.45) is 5.92 Å². The highest BCUT2D eigenvalue weighted by molar-refractivity contribution is 7.89. The van der Waals surface area contributed by atoms with Crippen LogP contribution in [0.4, 0.5) is 5.69 Å². The maximum absolute atomic E-state index is 12.3. The first-order chi connectivity index (χ1) is 11.9. The summed E-state index contributed by atoms with van der Waals surface area (Å²) < 4.78 is 32.5. The Kier molecular flexibility index (Phi) is 5.07. The number of amides is 1. The molecule has 2 heterocycles. The third-order valence-corrected chi connectivity index (χ3v) is 5.90. The van der Waals surface area contributed by atoms with E-state index in [9.17, 15) is 18.0 Å². The van der Waals surface area contributed by atoms with Crippen molar-refractivity contribution in [3.8, 4) is 0 Å². The highest BCUT2D eigenvalue weighted by Gasteiger charge is 2.35. The Morgan fingerprint density at radius 3 is 2.60 bits per heavy atom. The van der Waals surface area contributed by atoms with E-state index in [2.05, 4.69) is 4.72 Å². The second kappa shape index (κ2) is 7.11. The lowest BCUT2D eigenvalue weighted by Gasteiger charge is -2.17. The normalized spacial score (nSPS) is 24.0. The molecule has 1 aromatic carbocycles. The van der Waals surface area contributed by atoms with E-state index in [1.807, 2.05) is 0 Å². The zero-order valence-electron chi connectivity index (χ0n) is 13.6. The Morgan fingerprint density at radius 2 is 2.04 bits per heavy atom. The predicted molar refractivity (Wildman–Crippen MR) is 88.7 cm³/mol. The molecule has 3 rings (SSSR count). The Labute approximate surface area is 145 Å². The van der Waals surface area contributed by atoms with Crippen LogP contribution in [-0.2, 0) is 24.3 Å². The second-order valence-electron chi connectivity index (χ2n) is 6.22. The van der Waals surface area contributed by atoms with Gasteiger partial charge in [0, 0.05) is 31.8 Å². The molecule has 0 saturated carbocycles. The molecule has 9 heteroatoms. The number of ether oxygens (including phenoxy) is 1. The lowest BCUT2D eigenvalue weighted by atomic mass is 10.1. The van der Waals surface area contributed by atoms with Gasteiger partial charge in [0.1, 0.15) is 0 Å². The Morgan fingerprint density at radius 1 is 1.32 bits per heavy atom. The average Bonchev–Trinajstić information content (AvgIpc) is 3.23. The van der Waals surface area contributed by atoms with Crippen molar-refractivity contribution in [3.63, 3.8) is 0 Å². The zero-order chi connectivity index (χ0) is 18.0. The molecule has 0 radical (unpaired) electrons. The smallest absolute Gasteiger partial charge is 0.308 e. The molecule has 2 aliphatic rings. The van der Waals surface area contributed by atoms with E-state index >= 15 is 0 Å². The van der Waals surface area contributed by atoms with Crippen molar-refractivity contribution in [1.29, 1.82) is 0 Å². The minimum Gasteiger partial charge on any atom is -0.481 e. The number of carbonyl (C=O) groups excluding carboxylic acids is 1. The number of aliphatic carboxylic acids is 1. The van der Waals surface area contributed by atoms with Crippen LogP contribution in [0, 0.1) is 5.92 Å². The molecule has 1 amide bonds. The number of nitrogens with zero attached hydrogens (tertiary/aromatic N) is 1. The summed E-state index contributed by atoms with van der Waals surface area (Å²) in [5, 5.41) is 9.02. The van der Waals surface area contributed by atoms with Crippen LogP contribution in [0.3, 0.4) is 0 Å². The quantitative estimate of drug-likeness (QED) is 0.759. The van der Waals surface area contributed by atoms with Crippen LogP contribution in [0.2, 0.25) is 0 Å². The molecule has 2 atom stereocenters. The van der Waals surface area contributed by atoms with E-state index in [1.54, 1.807) is 0 Å². The van der Waals surface area contributed by atoms with Gasteiger partial charge in [-0.2, -0.15) is 0 Å². The van der Waals surface area contributed by atoms with Gasteiger partial charge in [0.2, 0.25) is 15.9 Å². The van der Waals surface area contributed by atoms with Gasteiger partial charge in [-0.25, -0.2) is 13.1 Å². The van der Waals surface area contributed by atoms with Crippen molar-refractivity contribution in [2.45, 2.75) is 30.3 Å². The summed E-state index contributed by atoms with van der Waals surface area (Å²) in [6.45, 7) is 0.981. The van der Waals surface area contributed by atoms with Gasteiger partial charge in [0.05, 0.1) is 16.9 Å². The van der Waals surface area contributed by atoms with E-state index in [1.165, 1.54) is 29.2 Å². The fourth-order valence-electron chi connectivity index (χ4n) is 3.02. The number of anilines is 1. The van der Waals surface area contributed by atoms with E-state index in [0.29, 0.717) is 12.3 Å². The molecule has 25 heavy (non-hydrogen) atoms. The fraction of sp³-hybridized carbons (Fsp3) is 0.500.